The molecule has 1 N–H and O–H groups in total. The fourth-order valence-electron chi connectivity index (χ4n) is 3.78. The van der Waals surface area contributed by atoms with Crippen LogP contribution < -0.4 is 14.8 Å². The zero-order valence-corrected chi connectivity index (χ0v) is 19.3. The van der Waals surface area contributed by atoms with Gasteiger partial charge in [0.05, 0.1) is 7.11 Å². The van der Waals surface area contributed by atoms with Gasteiger partial charge in [-0.1, -0.05) is 48.9 Å². The van der Waals surface area contributed by atoms with Crippen molar-refractivity contribution in [1.82, 2.24) is 10.2 Å². The Labute approximate surface area is 187 Å². The van der Waals surface area contributed by atoms with Gasteiger partial charge < -0.3 is 14.8 Å². The van der Waals surface area contributed by atoms with E-state index in [1.165, 1.54) is 24.9 Å². The van der Waals surface area contributed by atoms with Gasteiger partial charge in [0.2, 0.25) is 0 Å². The molecule has 1 fully saturated rings. The zero-order chi connectivity index (χ0) is 19.1. The summed E-state index contributed by atoms with van der Waals surface area (Å²) in [4.78, 5) is 2.56. The Hall–Kier alpha value is -1.46. The van der Waals surface area contributed by atoms with E-state index in [0.29, 0.717) is 12.6 Å². The number of halogens is 2. The topological polar surface area (TPSA) is 33.7 Å². The molecule has 0 saturated carbocycles. The number of nitrogens with zero attached hydrogens (tertiary/aromatic N) is 1. The number of nitrogens with one attached hydrogen (secondary N) is 1. The van der Waals surface area contributed by atoms with Crippen molar-refractivity contribution in [2.24, 2.45) is 0 Å². The summed E-state index contributed by atoms with van der Waals surface area (Å²) in [5.41, 5.74) is 3.56. The van der Waals surface area contributed by atoms with E-state index in [-0.39, 0.29) is 24.8 Å². The second kappa shape index (κ2) is 13.0. The molecule has 29 heavy (non-hydrogen) atoms. The van der Waals surface area contributed by atoms with Crippen LogP contribution in [0.3, 0.4) is 0 Å². The molecular weight excluding hydrogens is 407 g/mol. The maximum atomic E-state index is 6.17. The highest BCUT2D eigenvalue weighted by atomic mass is 35.5. The molecule has 0 amide bonds. The molecule has 1 heterocycles. The largest absolute Gasteiger partial charge is 0.493 e. The number of benzene rings is 2. The third kappa shape index (κ3) is 7.07. The normalized spacial score (nSPS) is 16.0. The van der Waals surface area contributed by atoms with Gasteiger partial charge in [0.1, 0.15) is 6.61 Å². The molecular formula is C23H34Cl2N2O2. The number of likely N-dealkylation sites (tertiary alicyclic amines) is 1. The van der Waals surface area contributed by atoms with Crippen LogP contribution in [0.15, 0.2) is 42.5 Å². The van der Waals surface area contributed by atoms with E-state index in [4.69, 9.17) is 9.47 Å². The second-order valence-electron chi connectivity index (χ2n) is 7.28. The molecule has 4 nitrogen and oxygen atoms in total. The fourth-order valence-corrected chi connectivity index (χ4v) is 3.78. The molecule has 2 aromatic rings. The number of rotatable bonds is 9. The van der Waals surface area contributed by atoms with E-state index in [0.717, 1.165) is 42.3 Å². The van der Waals surface area contributed by atoms with Gasteiger partial charge in [0.15, 0.2) is 11.5 Å². The van der Waals surface area contributed by atoms with Crippen LogP contribution in [0, 0.1) is 6.92 Å². The minimum absolute atomic E-state index is 0. The van der Waals surface area contributed by atoms with Crippen molar-refractivity contribution in [2.75, 3.05) is 26.7 Å². The first kappa shape index (κ1) is 25.6. The maximum absolute atomic E-state index is 6.17. The third-order valence-corrected chi connectivity index (χ3v) is 5.38. The Morgan fingerprint density at radius 1 is 1.10 bits per heavy atom. The van der Waals surface area contributed by atoms with E-state index in [1.807, 2.05) is 12.1 Å². The van der Waals surface area contributed by atoms with Gasteiger partial charge >= 0.3 is 0 Å². The van der Waals surface area contributed by atoms with Crippen molar-refractivity contribution < 1.29 is 9.47 Å². The average Bonchev–Trinajstić information content (AvgIpc) is 3.15. The van der Waals surface area contributed by atoms with E-state index in [1.54, 1.807) is 7.11 Å². The molecule has 0 radical (unpaired) electrons. The highest BCUT2D eigenvalue weighted by Crippen LogP contribution is 2.32. The highest BCUT2D eigenvalue weighted by molar-refractivity contribution is 5.85. The molecule has 0 aromatic heterocycles. The third-order valence-electron chi connectivity index (χ3n) is 5.38. The monoisotopic (exact) mass is 440 g/mol. The first-order chi connectivity index (χ1) is 13.2. The van der Waals surface area contributed by atoms with Crippen LogP contribution in [-0.2, 0) is 13.2 Å². The number of para-hydroxylation sites is 1. The summed E-state index contributed by atoms with van der Waals surface area (Å²) in [6.45, 7) is 9.05. The van der Waals surface area contributed by atoms with E-state index >= 15 is 0 Å². The van der Waals surface area contributed by atoms with Crippen molar-refractivity contribution in [3.8, 4) is 11.5 Å². The fraction of sp³-hybridized carbons (Fsp3) is 0.478. The van der Waals surface area contributed by atoms with Crippen molar-refractivity contribution >= 4 is 24.8 Å². The van der Waals surface area contributed by atoms with Crippen LogP contribution in [0.5, 0.6) is 11.5 Å². The van der Waals surface area contributed by atoms with Crippen molar-refractivity contribution in [3.63, 3.8) is 0 Å². The maximum Gasteiger partial charge on any atom is 0.166 e. The Balaban J connectivity index is 0.00000210. The van der Waals surface area contributed by atoms with Gasteiger partial charge in [0, 0.05) is 24.7 Å². The molecule has 6 heteroatoms. The summed E-state index contributed by atoms with van der Waals surface area (Å²) in [7, 11) is 1.70. The summed E-state index contributed by atoms with van der Waals surface area (Å²) in [5.74, 6) is 1.63. The van der Waals surface area contributed by atoms with Crippen molar-refractivity contribution in [2.45, 2.75) is 45.9 Å². The Kier molecular flexibility index (Phi) is 11.4. The Morgan fingerprint density at radius 2 is 1.86 bits per heavy atom. The van der Waals surface area contributed by atoms with Gasteiger partial charge in [-0.05, 0) is 44.5 Å². The number of methoxy groups -OCH3 is 1. The molecule has 3 rings (SSSR count). The summed E-state index contributed by atoms with van der Waals surface area (Å²) in [6, 6.07) is 15.2. The number of likely N-dealkylation sites (N-methyl/N-ethyl adjacent to an activating group) is 1. The van der Waals surface area contributed by atoms with E-state index < -0.39 is 0 Å². The number of hydrogen-bond donors (Lipinski definition) is 1. The number of ether oxygens (including phenoxy) is 2. The molecule has 0 aliphatic carbocycles. The lowest BCUT2D eigenvalue weighted by molar-refractivity contribution is 0.258. The highest BCUT2D eigenvalue weighted by Gasteiger charge is 2.22. The first-order valence-electron chi connectivity index (χ1n) is 10.00. The average molecular weight is 441 g/mol. The van der Waals surface area contributed by atoms with Crippen LogP contribution in [-0.4, -0.2) is 37.7 Å². The smallest absolute Gasteiger partial charge is 0.166 e. The van der Waals surface area contributed by atoms with Crippen LogP contribution in [0.25, 0.3) is 0 Å². The first-order valence-corrected chi connectivity index (χ1v) is 10.00. The molecule has 162 valence electrons. The molecule has 1 atom stereocenters. The Bertz CT molecular complexity index is 725. The van der Waals surface area contributed by atoms with Gasteiger partial charge in [0.25, 0.3) is 0 Å². The quantitative estimate of drug-likeness (QED) is 0.594. The van der Waals surface area contributed by atoms with Crippen molar-refractivity contribution in [1.29, 1.82) is 0 Å². The van der Waals surface area contributed by atoms with E-state index in [9.17, 15) is 0 Å². The van der Waals surface area contributed by atoms with Crippen LogP contribution in [0.2, 0.25) is 0 Å². The minimum atomic E-state index is 0. The summed E-state index contributed by atoms with van der Waals surface area (Å²) in [6.07, 6.45) is 2.60. The van der Waals surface area contributed by atoms with Gasteiger partial charge in [-0.3, -0.25) is 4.90 Å². The molecule has 0 spiro atoms. The van der Waals surface area contributed by atoms with Crippen LogP contribution in [0.1, 0.15) is 36.5 Å². The predicted octanol–water partition coefficient (Wildman–Crippen LogP) is 5.00. The van der Waals surface area contributed by atoms with Gasteiger partial charge in [-0.25, -0.2) is 0 Å². The molecule has 0 bridgehead atoms. The molecule has 1 unspecified atom stereocenters. The van der Waals surface area contributed by atoms with Crippen LogP contribution >= 0.6 is 24.8 Å². The number of aryl methyl sites for hydroxylation is 1. The minimum Gasteiger partial charge on any atom is -0.493 e. The molecule has 1 aliphatic rings. The summed E-state index contributed by atoms with van der Waals surface area (Å²) in [5, 5.41) is 3.63. The predicted molar refractivity (Wildman–Crippen MR) is 125 cm³/mol. The summed E-state index contributed by atoms with van der Waals surface area (Å²) < 4.78 is 11.7. The lowest BCUT2D eigenvalue weighted by Gasteiger charge is -2.23. The van der Waals surface area contributed by atoms with Crippen molar-refractivity contribution in [3.05, 3.63) is 59.2 Å². The van der Waals surface area contributed by atoms with E-state index in [2.05, 4.69) is 54.4 Å². The Morgan fingerprint density at radius 3 is 2.55 bits per heavy atom. The lowest BCUT2D eigenvalue weighted by atomic mass is 10.1. The van der Waals surface area contributed by atoms with Gasteiger partial charge in [-0.15, -0.1) is 24.8 Å². The summed E-state index contributed by atoms with van der Waals surface area (Å²) >= 11 is 0. The lowest BCUT2D eigenvalue weighted by Crippen LogP contribution is -2.37. The number of hydrogen-bond acceptors (Lipinski definition) is 4. The zero-order valence-electron chi connectivity index (χ0n) is 17.6. The molecule has 2 aromatic carbocycles. The molecule has 1 saturated heterocycles. The second-order valence-corrected chi connectivity index (χ2v) is 7.28. The SMILES string of the molecule is CCN1CCCC1CNCc1cccc(OC)c1OCc1ccc(C)cc1.Cl.Cl. The van der Waals surface area contributed by atoms with Gasteiger partial charge in [-0.2, -0.15) is 0 Å². The molecule has 1 aliphatic heterocycles. The standard InChI is InChI=1S/C23H32N2O2.2ClH/c1-4-25-14-6-8-21(25)16-24-15-20-7-5-9-22(26-3)23(20)27-17-19-12-10-18(2)11-13-19;;/h5,7,9-13,21,24H,4,6,8,14-17H2,1-3H3;2*1H. The van der Waals surface area contributed by atoms with Crippen LogP contribution in [0.4, 0.5) is 0 Å².